The Labute approximate surface area is 206 Å². The van der Waals surface area contributed by atoms with E-state index in [0.29, 0.717) is 28.7 Å². The van der Waals surface area contributed by atoms with Gasteiger partial charge in [0.1, 0.15) is 10.8 Å². The van der Waals surface area contributed by atoms with E-state index in [1.807, 2.05) is 45.9 Å². The molecule has 0 saturated carbocycles. The first-order valence-electron chi connectivity index (χ1n) is 10.8. The maximum Gasteiger partial charge on any atom is 0.416 e. The lowest BCUT2D eigenvalue weighted by atomic mass is 10.1. The van der Waals surface area contributed by atoms with Crippen LogP contribution in [0.5, 0.6) is 5.75 Å². The highest BCUT2D eigenvalue weighted by Gasteiger charge is 2.30. The molecule has 1 heterocycles. The summed E-state index contributed by atoms with van der Waals surface area (Å²) in [6, 6.07) is 10.8. The summed E-state index contributed by atoms with van der Waals surface area (Å²) < 4.78 is 48.7. The molecular formula is C25H28F3NO3S2. The van der Waals surface area contributed by atoms with E-state index in [4.69, 9.17) is 9.47 Å². The molecule has 34 heavy (non-hydrogen) atoms. The van der Waals surface area contributed by atoms with Crippen molar-refractivity contribution in [3.8, 4) is 16.3 Å². The average Bonchev–Trinajstić information content (AvgIpc) is 3.18. The van der Waals surface area contributed by atoms with Gasteiger partial charge in [-0.2, -0.15) is 13.2 Å². The molecule has 3 aromatic rings. The SMILES string of the molecule is CC.CCOC(=O)COc1ccc(SCc2sc(-c3ccc(C(F)(F)F)cc3)nc2C)cc1C. The van der Waals surface area contributed by atoms with Gasteiger partial charge in [-0.25, -0.2) is 9.78 Å². The zero-order valence-corrected chi connectivity index (χ0v) is 21.4. The van der Waals surface area contributed by atoms with Crippen molar-refractivity contribution < 1.29 is 27.4 Å². The first kappa shape index (κ1) is 27.7. The van der Waals surface area contributed by atoms with E-state index in [1.165, 1.54) is 23.5 Å². The highest BCUT2D eigenvalue weighted by Crippen LogP contribution is 2.35. The second-order valence-corrected chi connectivity index (χ2v) is 9.04. The van der Waals surface area contributed by atoms with Crippen LogP contribution >= 0.6 is 23.1 Å². The minimum Gasteiger partial charge on any atom is -0.482 e. The fourth-order valence-corrected chi connectivity index (χ4v) is 5.06. The molecule has 0 unspecified atom stereocenters. The molecule has 184 valence electrons. The van der Waals surface area contributed by atoms with Crippen LogP contribution in [0.3, 0.4) is 0 Å². The van der Waals surface area contributed by atoms with Crippen molar-refractivity contribution in [2.45, 2.75) is 51.4 Å². The topological polar surface area (TPSA) is 48.4 Å². The van der Waals surface area contributed by atoms with Crippen molar-refractivity contribution in [1.82, 2.24) is 4.98 Å². The Hall–Kier alpha value is -2.52. The number of esters is 1. The van der Waals surface area contributed by atoms with Crippen LogP contribution in [0.1, 0.15) is 42.5 Å². The highest BCUT2D eigenvalue weighted by atomic mass is 32.2. The molecule has 0 radical (unpaired) electrons. The number of benzene rings is 2. The normalized spacial score (nSPS) is 10.9. The number of carbonyl (C=O) groups excluding carboxylic acids is 1. The van der Waals surface area contributed by atoms with Gasteiger partial charge in [0.15, 0.2) is 6.61 Å². The zero-order valence-electron chi connectivity index (χ0n) is 19.8. The Morgan fingerprint density at radius 2 is 1.76 bits per heavy atom. The third kappa shape index (κ3) is 7.77. The molecule has 0 aliphatic rings. The number of hydrogen-bond acceptors (Lipinski definition) is 6. The van der Waals surface area contributed by atoms with Gasteiger partial charge in [-0.15, -0.1) is 23.1 Å². The monoisotopic (exact) mass is 511 g/mol. The van der Waals surface area contributed by atoms with Gasteiger partial charge in [-0.1, -0.05) is 26.0 Å². The van der Waals surface area contributed by atoms with E-state index in [9.17, 15) is 18.0 Å². The van der Waals surface area contributed by atoms with Crippen molar-refractivity contribution in [2.24, 2.45) is 0 Å². The maximum absolute atomic E-state index is 12.8. The summed E-state index contributed by atoms with van der Waals surface area (Å²) in [6.07, 6.45) is -4.35. The molecule has 0 atom stereocenters. The summed E-state index contributed by atoms with van der Waals surface area (Å²) in [6.45, 7) is 9.73. The lowest BCUT2D eigenvalue weighted by molar-refractivity contribution is -0.145. The first-order valence-corrected chi connectivity index (χ1v) is 12.6. The minimum absolute atomic E-state index is 0.131. The van der Waals surface area contributed by atoms with Crippen LogP contribution in [-0.2, 0) is 21.5 Å². The van der Waals surface area contributed by atoms with Gasteiger partial charge in [0.05, 0.1) is 17.9 Å². The molecule has 0 N–H and O–H groups in total. The van der Waals surface area contributed by atoms with E-state index < -0.39 is 17.7 Å². The molecule has 2 aromatic carbocycles. The van der Waals surface area contributed by atoms with E-state index in [2.05, 4.69) is 4.98 Å². The number of aromatic nitrogens is 1. The Morgan fingerprint density at radius 1 is 1.09 bits per heavy atom. The minimum atomic E-state index is -4.35. The molecule has 9 heteroatoms. The van der Waals surface area contributed by atoms with Gasteiger partial charge in [0.25, 0.3) is 0 Å². The number of halogens is 3. The largest absolute Gasteiger partial charge is 0.482 e. The Balaban J connectivity index is 0.00000199. The van der Waals surface area contributed by atoms with Gasteiger partial charge < -0.3 is 9.47 Å². The van der Waals surface area contributed by atoms with Crippen molar-refractivity contribution >= 4 is 29.1 Å². The maximum atomic E-state index is 12.8. The molecule has 0 fully saturated rings. The number of ether oxygens (including phenoxy) is 2. The summed E-state index contributed by atoms with van der Waals surface area (Å²) in [5.41, 5.74) is 1.77. The van der Waals surface area contributed by atoms with E-state index in [0.717, 1.165) is 33.2 Å². The lowest BCUT2D eigenvalue weighted by Crippen LogP contribution is -2.14. The summed E-state index contributed by atoms with van der Waals surface area (Å²) in [4.78, 5) is 18.1. The van der Waals surface area contributed by atoms with Crippen LogP contribution in [0.2, 0.25) is 0 Å². The third-order valence-corrected chi connectivity index (χ3v) is 6.93. The molecule has 0 aliphatic heterocycles. The van der Waals surface area contributed by atoms with Crippen LogP contribution in [0.25, 0.3) is 10.6 Å². The van der Waals surface area contributed by atoms with Gasteiger partial charge in [0, 0.05) is 21.1 Å². The van der Waals surface area contributed by atoms with Crippen LogP contribution in [0.15, 0.2) is 47.4 Å². The third-order valence-electron chi connectivity index (χ3n) is 4.52. The second kappa shape index (κ2) is 12.8. The molecule has 0 saturated heterocycles. The standard InChI is InChI=1S/C23H22F3NO3S2.C2H6/c1-4-29-21(28)12-30-19-10-9-18(11-14(19)2)31-13-20-15(3)27-22(32-20)16-5-7-17(8-6-16)23(24,25)26;1-2/h5-11H,4,12-13H2,1-3H3;1-2H3. The van der Waals surface area contributed by atoms with Crippen molar-refractivity contribution in [3.63, 3.8) is 0 Å². The fraction of sp³-hybridized carbons (Fsp3) is 0.360. The second-order valence-electron chi connectivity index (χ2n) is 6.91. The molecule has 0 spiro atoms. The highest BCUT2D eigenvalue weighted by molar-refractivity contribution is 7.98. The quantitative estimate of drug-likeness (QED) is 0.229. The number of nitrogens with zero attached hydrogens (tertiary/aromatic N) is 1. The number of thioether (sulfide) groups is 1. The van der Waals surface area contributed by atoms with Crippen LogP contribution in [-0.4, -0.2) is 24.2 Å². The Bertz CT molecular complexity index is 1080. The van der Waals surface area contributed by atoms with Crippen molar-refractivity contribution in [2.75, 3.05) is 13.2 Å². The number of alkyl halides is 3. The van der Waals surface area contributed by atoms with E-state index >= 15 is 0 Å². The van der Waals surface area contributed by atoms with E-state index in [-0.39, 0.29) is 6.61 Å². The predicted molar refractivity (Wildman–Crippen MR) is 132 cm³/mol. The van der Waals surface area contributed by atoms with Gasteiger partial charge in [-0.3, -0.25) is 0 Å². The van der Waals surface area contributed by atoms with Crippen molar-refractivity contribution in [1.29, 1.82) is 0 Å². The van der Waals surface area contributed by atoms with E-state index in [1.54, 1.807) is 18.7 Å². The summed E-state index contributed by atoms with van der Waals surface area (Å²) in [5.74, 6) is 0.905. The molecule has 3 rings (SSSR count). The van der Waals surface area contributed by atoms with Gasteiger partial charge in [-0.05, 0) is 56.7 Å². The van der Waals surface area contributed by atoms with Crippen molar-refractivity contribution in [3.05, 3.63) is 64.2 Å². The Morgan fingerprint density at radius 3 is 2.35 bits per heavy atom. The molecular weight excluding hydrogens is 483 g/mol. The number of carbonyl (C=O) groups is 1. The molecule has 1 aromatic heterocycles. The number of thiazole rings is 1. The van der Waals surface area contributed by atoms with Crippen LogP contribution in [0.4, 0.5) is 13.2 Å². The molecule has 4 nitrogen and oxygen atoms in total. The number of rotatable bonds is 8. The summed E-state index contributed by atoms with van der Waals surface area (Å²) in [5, 5.41) is 0.700. The van der Waals surface area contributed by atoms with Crippen LogP contribution in [0, 0.1) is 13.8 Å². The predicted octanol–water partition coefficient (Wildman–Crippen LogP) is 7.71. The van der Waals surface area contributed by atoms with Gasteiger partial charge in [0.2, 0.25) is 0 Å². The fourth-order valence-electron chi connectivity index (χ4n) is 2.85. The zero-order chi connectivity index (χ0) is 25.3. The first-order chi connectivity index (χ1) is 16.2. The van der Waals surface area contributed by atoms with Gasteiger partial charge >= 0.3 is 12.1 Å². The Kier molecular flexibility index (Phi) is 10.4. The number of hydrogen-bond donors (Lipinski definition) is 0. The number of aryl methyl sites for hydroxylation is 2. The van der Waals surface area contributed by atoms with Crippen LogP contribution < -0.4 is 4.74 Å². The smallest absolute Gasteiger partial charge is 0.416 e. The lowest BCUT2D eigenvalue weighted by Gasteiger charge is -2.10. The summed E-state index contributed by atoms with van der Waals surface area (Å²) in [7, 11) is 0. The molecule has 0 aliphatic carbocycles. The average molecular weight is 512 g/mol. The molecule has 0 amide bonds. The molecule has 0 bridgehead atoms. The summed E-state index contributed by atoms with van der Waals surface area (Å²) >= 11 is 3.11.